The Hall–Kier alpha value is -1.10. The van der Waals surface area contributed by atoms with Crippen molar-refractivity contribution in [3.63, 3.8) is 0 Å². The molecular formula is C9H12N4S. The lowest BCUT2D eigenvalue weighted by Gasteiger charge is -2.20. The Kier molecular flexibility index (Phi) is 2.19. The second kappa shape index (κ2) is 3.24. The van der Waals surface area contributed by atoms with Crippen LogP contribution < -0.4 is 0 Å². The Morgan fingerprint density at radius 3 is 2.86 bits per heavy atom. The second-order valence-corrected chi connectivity index (χ2v) is 5.11. The van der Waals surface area contributed by atoms with Gasteiger partial charge in [-0.15, -0.1) is 10.2 Å². The maximum absolute atomic E-state index is 4.18. The first-order valence-corrected chi connectivity index (χ1v) is 5.22. The van der Waals surface area contributed by atoms with Gasteiger partial charge in [0.25, 0.3) is 0 Å². The summed E-state index contributed by atoms with van der Waals surface area (Å²) in [5.41, 5.74) is 0.123. The fourth-order valence-corrected chi connectivity index (χ4v) is 1.98. The van der Waals surface area contributed by atoms with Crippen LogP contribution in [0.15, 0.2) is 27.6 Å². The fourth-order valence-electron chi connectivity index (χ4n) is 1.07. The molecule has 2 heterocycles. The van der Waals surface area contributed by atoms with Gasteiger partial charge in [0.2, 0.25) is 5.16 Å². The number of hydrogen-bond donors (Lipinski definition) is 0. The van der Waals surface area contributed by atoms with Crippen LogP contribution in [0.1, 0.15) is 20.8 Å². The third-order valence-electron chi connectivity index (χ3n) is 1.86. The van der Waals surface area contributed by atoms with Gasteiger partial charge in [-0.2, -0.15) is 9.78 Å². The van der Waals surface area contributed by atoms with E-state index in [2.05, 4.69) is 36.1 Å². The molecule has 2 rings (SSSR count). The van der Waals surface area contributed by atoms with Gasteiger partial charge in [0, 0.05) is 6.21 Å². The Balaban J connectivity index is 2.36. The molecule has 0 spiro atoms. The topological polar surface area (TPSA) is 43.1 Å². The standard InChI is InChI=1S/C9H12N4S/c1-9(2,3)7-4-5-11-13-6-10-12-8(13)14-7/h4-6H,1-3H3. The summed E-state index contributed by atoms with van der Waals surface area (Å²) >= 11 is 1.62. The van der Waals surface area contributed by atoms with Crippen LogP contribution in [0.2, 0.25) is 0 Å². The Labute approximate surface area is 87.1 Å². The first kappa shape index (κ1) is 9.45. The van der Waals surface area contributed by atoms with Crippen molar-refractivity contribution in [3.05, 3.63) is 17.3 Å². The van der Waals surface area contributed by atoms with Crippen LogP contribution >= 0.6 is 11.8 Å². The Bertz CT molecular complexity index is 397. The normalized spacial score (nSPS) is 16.1. The van der Waals surface area contributed by atoms with Crippen molar-refractivity contribution in [1.82, 2.24) is 14.9 Å². The minimum atomic E-state index is 0.123. The third-order valence-corrected chi connectivity index (χ3v) is 3.28. The van der Waals surface area contributed by atoms with E-state index in [-0.39, 0.29) is 5.41 Å². The molecule has 74 valence electrons. The van der Waals surface area contributed by atoms with Crippen LogP contribution in [0, 0.1) is 5.41 Å². The van der Waals surface area contributed by atoms with Gasteiger partial charge in [-0.05, 0) is 16.4 Å². The smallest absolute Gasteiger partial charge is 0.194 e. The summed E-state index contributed by atoms with van der Waals surface area (Å²) in [5.74, 6) is 0. The van der Waals surface area contributed by atoms with E-state index in [0.717, 1.165) is 5.16 Å². The summed E-state index contributed by atoms with van der Waals surface area (Å²) in [7, 11) is 0. The highest BCUT2D eigenvalue weighted by atomic mass is 32.2. The molecule has 0 saturated heterocycles. The molecule has 0 amide bonds. The highest BCUT2D eigenvalue weighted by Crippen LogP contribution is 2.38. The lowest BCUT2D eigenvalue weighted by molar-refractivity contribution is 0.533. The van der Waals surface area contributed by atoms with Crippen molar-refractivity contribution in [3.8, 4) is 0 Å². The van der Waals surface area contributed by atoms with Gasteiger partial charge < -0.3 is 0 Å². The molecule has 0 aliphatic carbocycles. The van der Waals surface area contributed by atoms with Crippen LogP contribution in [0.4, 0.5) is 0 Å². The highest BCUT2D eigenvalue weighted by Gasteiger charge is 2.21. The molecule has 4 nitrogen and oxygen atoms in total. The predicted molar refractivity (Wildman–Crippen MR) is 57.3 cm³/mol. The monoisotopic (exact) mass is 208 g/mol. The summed E-state index contributed by atoms with van der Waals surface area (Å²) in [5, 5.41) is 12.8. The van der Waals surface area contributed by atoms with E-state index < -0.39 is 0 Å². The van der Waals surface area contributed by atoms with Crippen molar-refractivity contribution >= 4 is 18.0 Å². The third kappa shape index (κ3) is 1.72. The summed E-state index contributed by atoms with van der Waals surface area (Å²) in [6.07, 6.45) is 5.42. The molecule has 1 aliphatic rings. The number of nitrogens with zero attached hydrogens (tertiary/aromatic N) is 4. The molecule has 5 heteroatoms. The van der Waals surface area contributed by atoms with Gasteiger partial charge in [-0.25, -0.2) is 0 Å². The predicted octanol–water partition coefficient (Wildman–Crippen LogP) is 2.15. The van der Waals surface area contributed by atoms with Gasteiger partial charge in [0.1, 0.15) is 6.33 Å². The molecular weight excluding hydrogens is 196 g/mol. The lowest BCUT2D eigenvalue weighted by Crippen LogP contribution is -2.06. The molecule has 0 fully saturated rings. The SMILES string of the molecule is CC(C)(C)C1=CC=Nn2cnnc2S1. The second-order valence-electron chi connectivity index (χ2n) is 4.11. The molecule has 1 aromatic heterocycles. The number of hydrogen-bond acceptors (Lipinski definition) is 4. The quantitative estimate of drug-likeness (QED) is 0.656. The van der Waals surface area contributed by atoms with Crippen molar-refractivity contribution in [2.75, 3.05) is 0 Å². The average Bonchev–Trinajstić information content (AvgIpc) is 2.41. The maximum atomic E-state index is 4.18. The first-order valence-electron chi connectivity index (χ1n) is 4.40. The zero-order valence-corrected chi connectivity index (χ0v) is 9.25. The summed E-state index contributed by atoms with van der Waals surface area (Å²) < 4.78 is 1.68. The van der Waals surface area contributed by atoms with Gasteiger partial charge in [-0.3, -0.25) is 0 Å². The van der Waals surface area contributed by atoms with Gasteiger partial charge in [0.05, 0.1) is 0 Å². The molecule has 0 saturated carbocycles. The van der Waals surface area contributed by atoms with Crippen molar-refractivity contribution < 1.29 is 0 Å². The lowest BCUT2D eigenvalue weighted by atomic mass is 9.96. The fraction of sp³-hybridized carbons (Fsp3) is 0.444. The zero-order chi connectivity index (χ0) is 10.2. The van der Waals surface area contributed by atoms with E-state index in [4.69, 9.17) is 0 Å². The van der Waals surface area contributed by atoms with E-state index in [1.165, 1.54) is 4.91 Å². The molecule has 0 radical (unpaired) electrons. The van der Waals surface area contributed by atoms with Crippen molar-refractivity contribution in [1.29, 1.82) is 0 Å². The van der Waals surface area contributed by atoms with E-state index in [1.54, 1.807) is 29.0 Å². The summed E-state index contributed by atoms with van der Waals surface area (Å²) in [6.45, 7) is 6.52. The van der Waals surface area contributed by atoms with Gasteiger partial charge in [0.15, 0.2) is 0 Å². The average molecular weight is 208 g/mol. The molecule has 0 N–H and O–H groups in total. The van der Waals surface area contributed by atoms with E-state index in [1.807, 2.05) is 6.08 Å². The Morgan fingerprint density at radius 2 is 2.14 bits per heavy atom. The van der Waals surface area contributed by atoms with Crippen LogP contribution in [0.25, 0.3) is 0 Å². The van der Waals surface area contributed by atoms with Crippen LogP contribution in [0.3, 0.4) is 0 Å². The van der Waals surface area contributed by atoms with Crippen molar-refractivity contribution in [2.24, 2.45) is 10.5 Å². The molecule has 1 aliphatic heterocycles. The number of thioether (sulfide) groups is 1. The van der Waals surface area contributed by atoms with Crippen LogP contribution in [-0.4, -0.2) is 21.1 Å². The number of allylic oxidation sites excluding steroid dienone is 2. The molecule has 0 aromatic carbocycles. The van der Waals surface area contributed by atoms with E-state index >= 15 is 0 Å². The minimum Gasteiger partial charge on any atom is -0.194 e. The largest absolute Gasteiger partial charge is 0.216 e. The number of aromatic nitrogens is 3. The summed E-state index contributed by atoms with van der Waals surface area (Å²) in [6, 6.07) is 0. The number of fused-ring (bicyclic) bond motifs is 1. The van der Waals surface area contributed by atoms with Crippen LogP contribution in [0.5, 0.6) is 0 Å². The zero-order valence-electron chi connectivity index (χ0n) is 8.43. The minimum absolute atomic E-state index is 0.123. The highest BCUT2D eigenvalue weighted by molar-refractivity contribution is 8.03. The molecule has 14 heavy (non-hydrogen) atoms. The maximum Gasteiger partial charge on any atom is 0.216 e. The first-order chi connectivity index (χ1) is 6.57. The summed E-state index contributed by atoms with van der Waals surface area (Å²) in [4.78, 5) is 1.24. The van der Waals surface area contributed by atoms with Crippen molar-refractivity contribution in [2.45, 2.75) is 25.9 Å². The van der Waals surface area contributed by atoms with Gasteiger partial charge in [-0.1, -0.05) is 32.5 Å². The number of rotatable bonds is 0. The van der Waals surface area contributed by atoms with Gasteiger partial charge >= 0.3 is 0 Å². The van der Waals surface area contributed by atoms with E-state index in [0.29, 0.717) is 0 Å². The molecule has 0 unspecified atom stereocenters. The van der Waals surface area contributed by atoms with E-state index in [9.17, 15) is 0 Å². The Morgan fingerprint density at radius 1 is 1.36 bits per heavy atom. The molecule has 0 atom stereocenters. The molecule has 0 bridgehead atoms. The van der Waals surface area contributed by atoms with Crippen LogP contribution in [-0.2, 0) is 0 Å². The molecule has 1 aromatic rings.